The molecular formula is C18H12Cl2N2O4. The molecule has 2 aromatic carbocycles. The summed E-state index contributed by atoms with van der Waals surface area (Å²) in [7, 11) is 0. The maximum absolute atomic E-state index is 12.6. The summed E-state index contributed by atoms with van der Waals surface area (Å²) >= 11 is 12.1. The molecule has 3 N–H and O–H groups in total. The first-order valence-electron chi connectivity index (χ1n) is 7.44. The summed E-state index contributed by atoms with van der Waals surface area (Å²) in [5.74, 6) is -1.72. The predicted octanol–water partition coefficient (Wildman–Crippen LogP) is 3.98. The van der Waals surface area contributed by atoms with Crippen molar-refractivity contribution in [2.24, 2.45) is 0 Å². The third-order valence-corrected chi connectivity index (χ3v) is 4.47. The van der Waals surface area contributed by atoms with Gasteiger partial charge in [-0.1, -0.05) is 41.4 Å². The van der Waals surface area contributed by atoms with Crippen LogP contribution >= 0.6 is 23.2 Å². The van der Waals surface area contributed by atoms with Crippen LogP contribution in [0.5, 0.6) is 0 Å². The molecule has 1 heterocycles. The number of hydrogen-bond acceptors (Lipinski definition) is 4. The lowest BCUT2D eigenvalue weighted by Crippen LogP contribution is -2.14. The molecule has 0 bridgehead atoms. The number of pyridine rings is 1. The van der Waals surface area contributed by atoms with Gasteiger partial charge in [0, 0.05) is 17.1 Å². The highest BCUT2D eigenvalue weighted by Crippen LogP contribution is 2.29. The van der Waals surface area contributed by atoms with Gasteiger partial charge in [-0.25, -0.2) is 4.79 Å². The lowest BCUT2D eigenvalue weighted by molar-refractivity contribution is 0.0693. The van der Waals surface area contributed by atoms with Gasteiger partial charge >= 0.3 is 5.97 Å². The van der Waals surface area contributed by atoms with Gasteiger partial charge in [-0.05, 0) is 18.2 Å². The fraction of sp³-hybridized carbons (Fsp3) is 0.0556. The van der Waals surface area contributed by atoms with Crippen LogP contribution in [-0.4, -0.2) is 27.1 Å². The second-order valence-electron chi connectivity index (χ2n) is 5.37. The molecule has 0 aliphatic carbocycles. The number of aliphatic hydroxyl groups is 1. The number of nitrogens with zero attached hydrogens (tertiary/aromatic N) is 1. The molecule has 0 saturated carbocycles. The first-order chi connectivity index (χ1) is 12.4. The number of para-hydroxylation sites is 1. The van der Waals surface area contributed by atoms with Gasteiger partial charge in [0.25, 0.3) is 5.91 Å². The van der Waals surface area contributed by atoms with E-state index in [4.69, 9.17) is 23.2 Å². The van der Waals surface area contributed by atoms with Crippen molar-refractivity contribution in [2.75, 3.05) is 5.32 Å². The Morgan fingerprint density at radius 3 is 2.35 bits per heavy atom. The summed E-state index contributed by atoms with van der Waals surface area (Å²) in [5.41, 5.74) is 0.928. The van der Waals surface area contributed by atoms with Gasteiger partial charge in [-0.2, -0.15) is 0 Å². The maximum atomic E-state index is 12.6. The first kappa shape index (κ1) is 18.1. The molecule has 132 valence electrons. The van der Waals surface area contributed by atoms with Crippen LogP contribution in [0.1, 0.15) is 26.3 Å². The van der Waals surface area contributed by atoms with Crippen LogP contribution in [-0.2, 0) is 6.61 Å². The van der Waals surface area contributed by atoms with Crippen LogP contribution in [0.15, 0.2) is 42.6 Å². The Labute approximate surface area is 158 Å². The van der Waals surface area contributed by atoms with Crippen molar-refractivity contribution >= 4 is 51.7 Å². The number of aromatic nitrogens is 1. The number of amides is 1. The highest BCUT2D eigenvalue weighted by molar-refractivity contribution is 6.40. The summed E-state index contributed by atoms with van der Waals surface area (Å²) in [6.07, 6.45) is 1.15. The van der Waals surface area contributed by atoms with E-state index in [0.717, 1.165) is 6.20 Å². The van der Waals surface area contributed by atoms with E-state index in [2.05, 4.69) is 10.3 Å². The molecule has 3 aromatic rings. The van der Waals surface area contributed by atoms with Crippen LogP contribution in [0.25, 0.3) is 10.9 Å². The molecule has 0 saturated heterocycles. The number of carboxylic acids is 1. The summed E-state index contributed by atoms with van der Waals surface area (Å²) < 4.78 is 0. The highest BCUT2D eigenvalue weighted by atomic mass is 35.5. The maximum Gasteiger partial charge on any atom is 0.337 e. The Morgan fingerprint density at radius 2 is 1.73 bits per heavy atom. The number of hydrogen-bond donors (Lipinski definition) is 3. The molecule has 0 aliphatic heterocycles. The minimum Gasteiger partial charge on any atom is -0.478 e. The van der Waals surface area contributed by atoms with Crippen LogP contribution < -0.4 is 5.32 Å². The zero-order valence-electron chi connectivity index (χ0n) is 13.2. The average Bonchev–Trinajstić information content (AvgIpc) is 2.60. The zero-order chi connectivity index (χ0) is 18.8. The van der Waals surface area contributed by atoms with Crippen molar-refractivity contribution < 1.29 is 19.8 Å². The van der Waals surface area contributed by atoms with Crippen molar-refractivity contribution in [2.45, 2.75) is 6.61 Å². The van der Waals surface area contributed by atoms with E-state index in [9.17, 15) is 19.8 Å². The number of carbonyl (C=O) groups is 2. The highest BCUT2D eigenvalue weighted by Gasteiger charge is 2.18. The number of rotatable bonds is 4. The third kappa shape index (κ3) is 3.22. The van der Waals surface area contributed by atoms with E-state index >= 15 is 0 Å². The second-order valence-corrected chi connectivity index (χ2v) is 6.18. The molecule has 0 radical (unpaired) electrons. The van der Waals surface area contributed by atoms with E-state index in [-0.39, 0.29) is 26.7 Å². The largest absolute Gasteiger partial charge is 0.478 e. The molecule has 6 nitrogen and oxygen atoms in total. The van der Waals surface area contributed by atoms with Gasteiger partial charge in [0.15, 0.2) is 0 Å². The van der Waals surface area contributed by atoms with Crippen LogP contribution in [0.4, 0.5) is 5.69 Å². The quantitative estimate of drug-likeness (QED) is 0.625. The van der Waals surface area contributed by atoms with E-state index in [1.54, 1.807) is 36.4 Å². The number of carboxylic acid groups (broad SMARTS) is 1. The van der Waals surface area contributed by atoms with Crippen molar-refractivity contribution in [1.29, 1.82) is 0 Å². The molecule has 0 unspecified atom stereocenters. The van der Waals surface area contributed by atoms with Gasteiger partial charge in [0.2, 0.25) is 0 Å². The Morgan fingerprint density at radius 1 is 1.08 bits per heavy atom. The van der Waals surface area contributed by atoms with Crippen LogP contribution in [0.3, 0.4) is 0 Å². The molecule has 0 fully saturated rings. The minimum atomic E-state index is -1.19. The minimum absolute atomic E-state index is 0.0994. The molecule has 0 atom stereocenters. The molecule has 1 amide bonds. The van der Waals surface area contributed by atoms with E-state index < -0.39 is 18.5 Å². The van der Waals surface area contributed by atoms with Crippen molar-refractivity contribution in [3.05, 3.63) is 69.3 Å². The van der Waals surface area contributed by atoms with Crippen molar-refractivity contribution in [1.82, 2.24) is 4.98 Å². The van der Waals surface area contributed by atoms with E-state index in [0.29, 0.717) is 16.6 Å². The lowest BCUT2D eigenvalue weighted by atomic mass is 10.0. The molecule has 0 spiro atoms. The van der Waals surface area contributed by atoms with Gasteiger partial charge in [-0.15, -0.1) is 0 Å². The average molecular weight is 391 g/mol. The first-order valence-corrected chi connectivity index (χ1v) is 8.19. The van der Waals surface area contributed by atoms with Crippen LogP contribution in [0.2, 0.25) is 10.0 Å². The summed E-state index contributed by atoms with van der Waals surface area (Å²) in [6.45, 7) is -0.478. The molecule has 1 aromatic heterocycles. The number of benzene rings is 2. The van der Waals surface area contributed by atoms with Gasteiger partial charge in [0.05, 0.1) is 39.0 Å². The number of nitrogens with one attached hydrogen (secondary N) is 1. The van der Waals surface area contributed by atoms with Gasteiger partial charge < -0.3 is 15.5 Å². The topological polar surface area (TPSA) is 99.5 Å². The second kappa shape index (κ2) is 7.29. The van der Waals surface area contributed by atoms with Crippen LogP contribution in [0, 0.1) is 0 Å². The third-order valence-electron chi connectivity index (χ3n) is 3.84. The molecule has 0 aliphatic rings. The molecular weight excluding hydrogens is 379 g/mol. The normalized spacial score (nSPS) is 10.7. The predicted molar refractivity (Wildman–Crippen MR) is 99.0 cm³/mol. The van der Waals surface area contributed by atoms with E-state index in [1.165, 1.54) is 0 Å². The smallest absolute Gasteiger partial charge is 0.337 e. The zero-order valence-corrected chi connectivity index (χ0v) is 14.7. The fourth-order valence-corrected chi connectivity index (χ4v) is 3.20. The summed E-state index contributed by atoms with van der Waals surface area (Å²) in [4.78, 5) is 28.0. The Bertz CT molecular complexity index is 1020. The number of aromatic carboxylic acids is 1. The molecule has 26 heavy (non-hydrogen) atoms. The standard InChI is InChI=1S/C18H12Cl2N2O4/c19-12-4-2-5-13(20)15(12)17(24)22-14-6-1-3-9-11(8-23)10(18(25)26)7-21-16(9)14/h1-7,23H,8H2,(H,22,24)(H,25,26). The number of anilines is 1. The monoisotopic (exact) mass is 390 g/mol. The van der Waals surface area contributed by atoms with Gasteiger partial charge in [-0.3, -0.25) is 9.78 Å². The van der Waals surface area contributed by atoms with Gasteiger partial charge in [0.1, 0.15) is 0 Å². The number of fused-ring (bicyclic) bond motifs is 1. The Balaban J connectivity index is 2.09. The Hall–Kier alpha value is -2.67. The van der Waals surface area contributed by atoms with Crippen molar-refractivity contribution in [3.8, 4) is 0 Å². The number of aliphatic hydroxyl groups excluding tert-OH is 1. The Kier molecular flexibility index (Phi) is 5.08. The summed E-state index contributed by atoms with van der Waals surface area (Å²) in [5, 5.41) is 22.3. The fourth-order valence-electron chi connectivity index (χ4n) is 2.63. The van der Waals surface area contributed by atoms with Crippen molar-refractivity contribution in [3.63, 3.8) is 0 Å². The number of carbonyl (C=O) groups excluding carboxylic acids is 1. The van der Waals surface area contributed by atoms with E-state index in [1.807, 2.05) is 0 Å². The SMILES string of the molecule is O=C(O)c1cnc2c(NC(=O)c3c(Cl)cccc3Cl)cccc2c1CO. The summed E-state index contributed by atoms with van der Waals surface area (Å²) in [6, 6.07) is 9.58. The number of halogens is 2. The molecule has 8 heteroatoms. The molecule has 3 rings (SSSR count). The lowest BCUT2D eigenvalue weighted by Gasteiger charge is -2.13.